The molecule has 1 aliphatic heterocycles. The largest absolute Gasteiger partial charge is 0.462 e. The fraction of sp³-hybridized carbons (Fsp3) is 0.476. The SMILES string of the molecule is CCOC(=O)c1cccc(N=C[C@@H]2C(=O)NC(=O)N([C@@H]3C[C@H]4CC[C@H]3C4)C2=O)c1. The van der Waals surface area contributed by atoms with Gasteiger partial charge in [0.15, 0.2) is 5.92 Å². The lowest BCUT2D eigenvalue weighted by Gasteiger charge is -2.36. The Hall–Kier alpha value is -3.03. The average molecular weight is 397 g/mol. The predicted octanol–water partition coefficient (Wildman–Crippen LogP) is 2.45. The molecule has 3 fully saturated rings. The van der Waals surface area contributed by atoms with Crippen LogP contribution in [0, 0.1) is 17.8 Å². The maximum absolute atomic E-state index is 13.0. The highest BCUT2D eigenvalue weighted by atomic mass is 16.5. The van der Waals surface area contributed by atoms with Crippen LogP contribution in [-0.4, -0.2) is 47.6 Å². The zero-order valence-electron chi connectivity index (χ0n) is 16.2. The van der Waals surface area contributed by atoms with Gasteiger partial charge in [-0.1, -0.05) is 12.5 Å². The quantitative estimate of drug-likeness (QED) is 0.467. The van der Waals surface area contributed by atoms with Gasteiger partial charge in [0, 0.05) is 12.3 Å². The van der Waals surface area contributed by atoms with E-state index < -0.39 is 29.7 Å². The highest BCUT2D eigenvalue weighted by Crippen LogP contribution is 2.47. The first kappa shape index (κ1) is 19.3. The number of imide groups is 2. The fourth-order valence-corrected chi connectivity index (χ4v) is 4.67. The third kappa shape index (κ3) is 3.66. The fourth-order valence-electron chi connectivity index (χ4n) is 4.67. The Balaban J connectivity index is 1.52. The summed E-state index contributed by atoms with van der Waals surface area (Å²) in [4.78, 5) is 54.9. The molecule has 1 saturated heterocycles. The maximum Gasteiger partial charge on any atom is 0.338 e. The zero-order chi connectivity index (χ0) is 20.5. The number of nitrogens with one attached hydrogen (secondary N) is 1. The number of urea groups is 1. The lowest BCUT2D eigenvalue weighted by atomic mass is 9.92. The smallest absolute Gasteiger partial charge is 0.338 e. The lowest BCUT2D eigenvalue weighted by molar-refractivity contribution is -0.141. The highest BCUT2D eigenvalue weighted by Gasteiger charge is 2.50. The minimum Gasteiger partial charge on any atom is -0.462 e. The van der Waals surface area contributed by atoms with Gasteiger partial charge in [0.1, 0.15) is 0 Å². The summed E-state index contributed by atoms with van der Waals surface area (Å²) < 4.78 is 4.97. The first-order chi connectivity index (χ1) is 14.0. The number of carbonyl (C=O) groups is 4. The van der Waals surface area contributed by atoms with Crippen LogP contribution in [0.25, 0.3) is 0 Å². The van der Waals surface area contributed by atoms with Crippen molar-refractivity contribution in [1.29, 1.82) is 0 Å². The number of carbonyl (C=O) groups excluding carboxylic acids is 4. The molecule has 0 aromatic heterocycles. The van der Waals surface area contributed by atoms with Gasteiger partial charge >= 0.3 is 12.0 Å². The van der Waals surface area contributed by atoms with Crippen LogP contribution >= 0.6 is 0 Å². The number of ether oxygens (including phenoxy) is 1. The molecule has 1 heterocycles. The number of hydrogen-bond acceptors (Lipinski definition) is 6. The molecular formula is C21H23N3O5. The summed E-state index contributed by atoms with van der Waals surface area (Å²) in [7, 11) is 0. The van der Waals surface area contributed by atoms with Crippen molar-refractivity contribution in [3.63, 3.8) is 0 Å². The van der Waals surface area contributed by atoms with Crippen LogP contribution < -0.4 is 5.32 Å². The van der Waals surface area contributed by atoms with E-state index in [2.05, 4.69) is 10.3 Å². The van der Waals surface area contributed by atoms with Gasteiger partial charge in [0.25, 0.3) is 0 Å². The van der Waals surface area contributed by atoms with Crippen molar-refractivity contribution in [2.24, 2.45) is 22.7 Å². The minimum absolute atomic E-state index is 0.141. The van der Waals surface area contributed by atoms with Crippen LogP contribution in [0.5, 0.6) is 0 Å². The van der Waals surface area contributed by atoms with Crippen molar-refractivity contribution in [1.82, 2.24) is 10.2 Å². The summed E-state index contributed by atoms with van der Waals surface area (Å²) in [6, 6.07) is 5.66. The predicted molar refractivity (Wildman–Crippen MR) is 104 cm³/mol. The molecule has 1 aromatic carbocycles. The summed E-state index contributed by atoms with van der Waals surface area (Å²) in [5.74, 6) is -1.96. The third-order valence-electron chi connectivity index (χ3n) is 6.00. The number of barbiturate groups is 1. The van der Waals surface area contributed by atoms with Crippen molar-refractivity contribution >= 4 is 35.7 Å². The molecule has 4 amide bonds. The van der Waals surface area contributed by atoms with Gasteiger partial charge < -0.3 is 4.74 Å². The number of rotatable bonds is 5. The summed E-state index contributed by atoms with van der Waals surface area (Å²) >= 11 is 0. The first-order valence-corrected chi connectivity index (χ1v) is 9.97. The van der Waals surface area contributed by atoms with Gasteiger partial charge in [-0.2, -0.15) is 0 Å². The molecule has 2 bridgehead atoms. The van der Waals surface area contributed by atoms with Crippen LogP contribution in [0.2, 0.25) is 0 Å². The van der Waals surface area contributed by atoms with E-state index in [1.807, 2.05) is 0 Å². The monoisotopic (exact) mass is 397 g/mol. The molecule has 1 N–H and O–H groups in total. The van der Waals surface area contributed by atoms with Crippen molar-refractivity contribution in [2.75, 3.05) is 6.61 Å². The van der Waals surface area contributed by atoms with E-state index in [4.69, 9.17) is 4.74 Å². The number of benzene rings is 1. The van der Waals surface area contributed by atoms with Crippen molar-refractivity contribution in [2.45, 2.75) is 38.6 Å². The number of amides is 4. The van der Waals surface area contributed by atoms with Crippen molar-refractivity contribution in [3.05, 3.63) is 29.8 Å². The van der Waals surface area contributed by atoms with Crippen LogP contribution in [0.4, 0.5) is 10.5 Å². The lowest BCUT2D eigenvalue weighted by Crippen LogP contribution is -2.62. The van der Waals surface area contributed by atoms with Crippen molar-refractivity contribution < 1.29 is 23.9 Å². The molecule has 2 saturated carbocycles. The van der Waals surface area contributed by atoms with Crippen LogP contribution in [-0.2, 0) is 14.3 Å². The molecule has 0 radical (unpaired) electrons. The Kier molecular flexibility index (Phi) is 5.17. The van der Waals surface area contributed by atoms with E-state index in [0.717, 1.165) is 25.7 Å². The molecule has 8 heteroatoms. The normalized spacial score (nSPS) is 28.9. The van der Waals surface area contributed by atoms with Gasteiger partial charge in [-0.3, -0.25) is 24.8 Å². The Bertz CT molecular complexity index is 896. The average Bonchev–Trinajstić information content (AvgIpc) is 3.31. The zero-order valence-corrected chi connectivity index (χ0v) is 16.2. The highest BCUT2D eigenvalue weighted by molar-refractivity contribution is 6.23. The number of fused-ring (bicyclic) bond motifs is 2. The number of hydrogen-bond donors (Lipinski definition) is 1. The van der Waals surface area contributed by atoms with Gasteiger partial charge in [-0.05, 0) is 56.2 Å². The molecule has 152 valence electrons. The standard InChI is InChI=1S/C21H23N3O5/c1-2-29-20(27)14-4-3-5-15(10-14)22-11-16-18(25)23-21(28)24(19(16)26)17-9-12-6-7-13(17)8-12/h3-5,10-13,16-17H,2,6-9H2,1H3,(H,23,25,28)/t12-,13-,16+,17+/m0/s1. The van der Waals surface area contributed by atoms with E-state index in [9.17, 15) is 19.2 Å². The van der Waals surface area contributed by atoms with E-state index in [0.29, 0.717) is 23.1 Å². The molecule has 8 nitrogen and oxygen atoms in total. The molecule has 29 heavy (non-hydrogen) atoms. The molecule has 4 rings (SSSR count). The molecular weight excluding hydrogens is 374 g/mol. The maximum atomic E-state index is 13.0. The van der Waals surface area contributed by atoms with Crippen LogP contribution in [0.3, 0.4) is 0 Å². The summed E-state index contributed by atoms with van der Waals surface area (Å²) in [6.07, 6.45) is 5.25. The first-order valence-electron chi connectivity index (χ1n) is 9.97. The molecule has 1 aromatic rings. The topological polar surface area (TPSA) is 105 Å². The van der Waals surface area contributed by atoms with Gasteiger partial charge in [0.05, 0.1) is 17.9 Å². The summed E-state index contributed by atoms with van der Waals surface area (Å²) in [5.41, 5.74) is 0.749. The second-order valence-corrected chi connectivity index (χ2v) is 7.77. The van der Waals surface area contributed by atoms with Crippen LogP contribution in [0.1, 0.15) is 43.0 Å². The summed E-state index contributed by atoms with van der Waals surface area (Å²) in [5, 5.41) is 2.29. The minimum atomic E-state index is -1.17. The second-order valence-electron chi connectivity index (χ2n) is 7.77. The molecule has 3 aliphatic rings. The molecule has 2 aliphatic carbocycles. The van der Waals surface area contributed by atoms with Gasteiger partial charge in [-0.15, -0.1) is 0 Å². The van der Waals surface area contributed by atoms with E-state index in [1.165, 1.54) is 17.2 Å². The van der Waals surface area contributed by atoms with E-state index >= 15 is 0 Å². The van der Waals surface area contributed by atoms with Crippen molar-refractivity contribution in [3.8, 4) is 0 Å². The Morgan fingerprint density at radius 2 is 2.10 bits per heavy atom. The van der Waals surface area contributed by atoms with Crippen LogP contribution in [0.15, 0.2) is 29.3 Å². The number of esters is 1. The van der Waals surface area contributed by atoms with E-state index in [1.54, 1.807) is 25.1 Å². The Morgan fingerprint density at radius 1 is 1.28 bits per heavy atom. The summed E-state index contributed by atoms with van der Waals surface area (Å²) in [6.45, 7) is 1.98. The molecule has 0 spiro atoms. The molecule has 0 unspecified atom stereocenters. The Morgan fingerprint density at radius 3 is 2.79 bits per heavy atom. The van der Waals surface area contributed by atoms with E-state index in [-0.39, 0.29) is 12.6 Å². The van der Waals surface area contributed by atoms with Gasteiger partial charge in [0.2, 0.25) is 11.8 Å². The Labute approximate surface area is 168 Å². The number of nitrogens with zero attached hydrogens (tertiary/aromatic N) is 2. The second kappa shape index (κ2) is 7.77. The van der Waals surface area contributed by atoms with Gasteiger partial charge in [-0.25, -0.2) is 9.59 Å². The number of aliphatic imine (C=N–C) groups is 1. The molecule has 4 atom stereocenters. The third-order valence-corrected chi connectivity index (χ3v) is 6.00.